The highest BCUT2D eigenvalue weighted by molar-refractivity contribution is 5.75. The van der Waals surface area contributed by atoms with E-state index in [1.165, 1.54) is 6.07 Å². The zero-order valence-electron chi connectivity index (χ0n) is 10.2. The van der Waals surface area contributed by atoms with E-state index >= 15 is 0 Å². The Balaban J connectivity index is 2.51. The van der Waals surface area contributed by atoms with Gasteiger partial charge in [-0.2, -0.15) is 0 Å². The van der Waals surface area contributed by atoms with Gasteiger partial charge in [-0.1, -0.05) is 38.5 Å². The van der Waals surface area contributed by atoms with Crippen LogP contribution in [0.5, 0.6) is 0 Å². The van der Waals surface area contributed by atoms with E-state index < -0.39 is 12.0 Å². The third-order valence-corrected chi connectivity index (χ3v) is 2.86. The van der Waals surface area contributed by atoms with Gasteiger partial charge in [-0.05, 0) is 12.0 Å². The van der Waals surface area contributed by atoms with Crippen LogP contribution < -0.4 is 5.73 Å². The highest BCUT2D eigenvalue weighted by Crippen LogP contribution is 2.11. The quantitative estimate of drug-likeness (QED) is 0.802. The van der Waals surface area contributed by atoms with Gasteiger partial charge in [0, 0.05) is 5.56 Å². The van der Waals surface area contributed by atoms with Gasteiger partial charge in [0.2, 0.25) is 0 Å². The van der Waals surface area contributed by atoms with E-state index in [1.807, 2.05) is 13.8 Å². The summed E-state index contributed by atoms with van der Waals surface area (Å²) in [6, 6.07) is 5.55. The molecule has 0 saturated heterocycles. The molecule has 0 aromatic heterocycles. The van der Waals surface area contributed by atoms with Gasteiger partial charge >= 0.3 is 5.97 Å². The molecule has 2 unspecified atom stereocenters. The maximum atomic E-state index is 13.2. The van der Waals surface area contributed by atoms with Crippen molar-refractivity contribution in [3.8, 4) is 0 Å². The van der Waals surface area contributed by atoms with Crippen LogP contribution in [0.1, 0.15) is 25.8 Å². The molecule has 2 N–H and O–H groups in total. The van der Waals surface area contributed by atoms with Gasteiger partial charge in [-0.15, -0.1) is 0 Å². The van der Waals surface area contributed by atoms with Crippen LogP contribution in [0.4, 0.5) is 4.39 Å². The molecule has 1 aromatic carbocycles. The Kier molecular flexibility index (Phi) is 5.10. The Bertz CT molecular complexity index is 381. The van der Waals surface area contributed by atoms with Crippen molar-refractivity contribution >= 4 is 5.97 Å². The number of rotatable bonds is 5. The van der Waals surface area contributed by atoms with Crippen LogP contribution in [0, 0.1) is 11.7 Å². The fourth-order valence-electron chi connectivity index (χ4n) is 1.35. The molecule has 0 saturated carbocycles. The molecule has 17 heavy (non-hydrogen) atoms. The molecule has 0 aliphatic heterocycles. The van der Waals surface area contributed by atoms with Crippen LogP contribution in [0.2, 0.25) is 0 Å². The first-order valence-corrected chi connectivity index (χ1v) is 5.71. The van der Waals surface area contributed by atoms with Crippen molar-refractivity contribution < 1.29 is 13.9 Å². The molecule has 0 amide bonds. The third kappa shape index (κ3) is 3.82. The molecule has 94 valence electrons. The minimum absolute atomic E-state index is 0.0584. The van der Waals surface area contributed by atoms with Gasteiger partial charge in [0.25, 0.3) is 0 Å². The van der Waals surface area contributed by atoms with E-state index in [4.69, 9.17) is 10.5 Å². The van der Waals surface area contributed by atoms with E-state index in [1.54, 1.807) is 18.2 Å². The van der Waals surface area contributed by atoms with Crippen molar-refractivity contribution in [3.05, 3.63) is 35.6 Å². The third-order valence-electron chi connectivity index (χ3n) is 2.86. The first-order valence-electron chi connectivity index (χ1n) is 5.71. The summed E-state index contributed by atoms with van der Waals surface area (Å²) in [6.07, 6.45) is 0.802. The topological polar surface area (TPSA) is 52.3 Å². The molecule has 3 nitrogen and oxygen atoms in total. The molecule has 0 radical (unpaired) electrons. The van der Waals surface area contributed by atoms with Gasteiger partial charge < -0.3 is 10.5 Å². The minimum Gasteiger partial charge on any atom is -0.460 e. The number of benzene rings is 1. The van der Waals surface area contributed by atoms with Gasteiger partial charge in [0.15, 0.2) is 0 Å². The lowest BCUT2D eigenvalue weighted by atomic mass is 10.0. The van der Waals surface area contributed by atoms with E-state index in [-0.39, 0.29) is 18.3 Å². The number of esters is 1. The molecule has 0 bridgehead atoms. The van der Waals surface area contributed by atoms with E-state index in [0.717, 1.165) is 6.42 Å². The summed E-state index contributed by atoms with van der Waals surface area (Å²) in [6.45, 7) is 3.76. The second-order valence-corrected chi connectivity index (χ2v) is 4.11. The molecular weight excluding hydrogens is 221 g/mol. The fraction of sp³-hybridized carbons (Fsp3) is 0.462. The summed E-state index contributed by atoms with van der Waals surface area (Å²) in [5.41, 5.74) is 6.06. The van der Waals surface area contributed by atoms with Crippen LogP contribution in [0.25, 0.3) is 0 Å². The van der Waals surface area contributed by atoms with E-state index in [9.17, 15) is 9.18 Å². The fourth-order valence-corrected chi connectivity index (χ4v) is 1.35. The first-order chi connectivity index (χ1) is 8.06. The van der Waals surface area contributed by atoms with Crippen molar-refractivity contribution in [2.75, 3.05) is 0 Å². The zero-order valence-corrected chi connectivity index (χ0v) is 10.2. The maximum absolute atomic E-state index is 13.2. The van der Waals surface area contributed by atoms with Crippen LogP contribution in [-0.2, 0) is 16.1 Å². The minimum atomic E-state index is -0.647. The summed E-state index contributed by atoms with van der Waals surface area (Å²) in [4.78, 5) is 11.6. The summed E-state index contributed by atoms with van der Waals surface area (Å²) in [5.74, 6) is -0.803. The highest BCUT2D eigenvalue weighted by atomic mass is 19.1. The largest absolute Gasteiger partial charge is 0.460 e. The van der Waals surface area contributed by atoms with Crippen molar-refractivity contribution in [2.45, 2.75) is 32.9 Å². The first kappa shape index (κ1) is 13.6. The number of ether oxygens (including phenoxy) is 1. The molecule has 0 aliphatic carbocycles. The number of halogens is 1. The van der Waals surface area contributed by atoms with Crippen molar-refractivity contribution in [1.29, 1.82) is 0 Å². The number of carbonyl (C=O) groups is 1. The lowest BCUT2D eigenvalue weighted by Gasteiger charge is -2.16. The average molecular weight is 239 g/mol. The van der Waals surface area contributed by atoms with Crippen LogP contribution in [0.15, 0.2) is 24.3 Å². The van der Waals surface area contributed by atoms with Crippen LogP contribution >= 0.6 is 0 Å². The standard InChI is InChI=1S/C13H18FNO2/c1-3-9(2)12(15)13(16)17-8-10-6-4-5-7-11(10)14/h4-7,9,12H,3,8,15H2,1-2H3. The Morgan fingerprint density at radius 1 is 1.47 bits per heavy atom. The van der Waals surface area contributed by atoms with E-state index in [2.05, 4.69) is 0 Å². The summed E-state index contributed by atoms with van der Waals surface area (Å²) >= 11 is 0. The zero-order chi connectivity index (χ0) is 12.8. The van der Waals surface area contributed by atoms with Crippen LogP contribution in [0.3, 0.4) is 0 Å². The molecule has 1 rings (SSSR count). The second-order valence-electron chi connectivity index (χ2n) is 4.11. The molecule has 4 heteroatoms. The molecular formula is C13H18FNO2. The predicted molar refractivity (Wildman–Crippen MR) is 63.6 cm³/mol. The molecule has 1 aromatic rings. The van der Waals surface area contributed by atoms with Crippen LogP contribution in [-0.4, -0.2) is 12.0 Å². The number of hydrogen-bond donors (Lipinski definition) is 1. The van der Waals surface area contributed by atoms with Crippen molar-refractivity contribution in [1.82, 2.24) is 0 Å². The molecule has 0 spiro atoms. The maximum Gasteiger partial charge on any atom is 0.323 e. The normalized spacial score (nSPS) is 14.1. The predicted octanol–water partition coefficient (Wildman–Crippen LogP) is 2.24. The van der Waals surface area contributed by atoms with Crippen molar-refractivity contribution in [3.63, 3.8) is 0 Å². The molecule has 0 heterocycles. The second kappa shape index (κ2) is 6.35. The van der Waals surface area contributed by atoms with Gasteiger partial charge in [0.1, 0.15) is 18.5 Å². The number of carbonyl (C=O) groups excluding carboxylic acids is 1. The Morgan fingerprint density at radius 2 is 2.12 bits per heavy atom. The van der Waals surface area contributed by atoms with E-state index in [0.29, 0.717) is 5.56 Å². The van der Waals surface area contributed by atoms with Gasteiger partial charge in [-0.3, -0.25) is 4.79 Å². The highest BCUT2D eigenvalue weighted by Gasteiger charge is 2.21. The average Bonchev–Trinajstić information content (AvgIpc) is 2.35. The smallest absolute Gasteiger partial charge is 0.323 e. The molecule has 0 fully saturated rings. The Morgan fingerprint density at radius 3 is 2.71 bits per heavy atom. The summed E-state index contributed by atoms with van der Waals surface area (Å²) < 4.78 is 18.2. The SMILES string of the molecule is CCC(C)C(N)C(=O)OCc1ccccc1F. The Hall–Kier alpha value is -1.42. The number of nitrogens with two attached hydrogens (primary N) is 1. The monoisotopic (exact) mass is 239 g/mol. The summed E-state index contributed by atoms with van der Waals surface area (Å²) in [5, 5.41) is 0. The lowest BCUT2D eigenvalue weighted by Crippen LogP contribution is -2.37. The summed E-state index contributed by atoms with van der Waals surface area (Å²) in [7, 11) is 0. The number of hydrogen-bond acceptors (Lipinski definition) is 3. The van der Waals surface area contributed by atoms with Gasteiger partial charge in [0.05, 0.1) is 0 Å². The molecule has 2 atom stereocenters. The lowest BCUT2D eigenvalue weighted by molar-refractivity contribution is -0.147. The van der Waals surface area contributed by atoms with Gasteiger partial charge in [-0.25, -0.2) is 4.39 Å². The Labute approximate surface area is 101 Å². The van der Waals surface area contributed by atoms with Crippen molar-refractivity contribution in [2.24, 2.45) is 11.7 Å². The molecule has 0 aliphatic rings.